The number of hydrogen-bond donors (Lipinski definition) is 2. The summed E-state index contributed by atoms with van der Waals surface area (Å²) in [7, 11) is 0. The lowest BCUT2D eigenvalue weighted by molar-refractivity contribution is -0.134. The number of carbonyl (C=O) groups excluding carboxylic acids is 2. The SMILES string of the molecule is CCC(=O)NNC(=O)[C@@H]1CCCO1. The summed E-state index contributed by atoms with van der Waals surface area (Å²) in [5.74, 6) is -0.467. The van der Waals surface area contributed by atoms with Crippen LogP contribution in [0.15, 0.2) is 0 Å². The topological polar surface area (TPSA) is 67.4 Å². The minimum absolute atomic E-state index is 0.202. The normalized spacial score (nSPS) is 21.2. The molecule has 1 atom stereocenters. The summed E-state index contributed by atoms with van der Waals surface area (Å²) in [5, 5.41) is 0. The second-order valence-corrected chi connectivity index (χ2v) is 2.89. The minimum atomic E-state index is -0.392. The Balaban J connectivity index is 2.20. The Hall–Kier alpha value is -1.10. The quantitative estimate of drug-likeness (QED) is 0.583. The van der Waals surface area contributed by atoms with Gasteiger partial charge in [-0.25, -0.2) is 0 Å². The van der Waals surface area contributed by atoms with Gasteiger partial charge in [0.25, 0.3) is 5.91 Å². The predicted molar refractivity (Wildman–Crippen MR) is 45.6 cm³/mol. The van der Waals surface area contributed by atoms with E-state index in [1.807, 2.05) is 0 Å². The number of hydrazine groups is 1. The molecule has 2 amide bonds. The van der Waals surface area contributed by atoms with Gasteiger partial charge in [0.1, 0.15) is 6.10 Å². The van der Waals surface area contributed by atoms with Crippen LogP contribution in [0.4, 0.5) is 0 Å². The van der Waals surface area contributed by atoms with Crippen LogP contribution >= 0.6 is 0 Å². The van der Waals surface area contributed by atoms with E-state index < -0.39 is 6.10 Å². The first-order valence-electron chi connectivity index (χ1n) is 4.44. The molecule has 0 aliphatic carbocycles. The van der Waals surface area contributed by atoms with E-state index in [2.05, 4.69) is 10.9 Å². The first kappa shape index (κ1) is 9.98. The maximum Gasteiger partial charge on any atom is 0.267 e. The summed E-state index contributed by atoms with van der Waals surface area (Å²) < 4.78 is 5.12. The van der Waals surface area contributed by atoms with Crippen LogP contribution in [0, 0.1) is 0 Å². The van der Waals surface area contributed by atoms with Crippen molar-refractivity contribution in [3.8, 4) is 0 Å². The zero-order valence-electron chi connectivity index (χ0n) is 7.63. The molecule has 0 aromatic heterocycles. The van der Waals surface area contributed by atoms with Crippen molar-refractivity contribution in [3.05, 3.63) is 0 Å². The first-order valence-corrected chi connectivity index (χ1v) is 4.44. The Bertz CT molecular complexity index is 200. The van der Waals surface area contributed by atoms with Gasteiger partial charge in [0.15, 0.2) is 0 Å². The smallest absolute Gasteiger partial charge is 0.267 e. The van der Waals surface area contributed by atoms with Gasteiger partial charge in [-0.15, -0.1) is 0 Å². The third-order valence-corrected chi connectivity index (χ3v) is 1.87. The molecule has 5 heteroatoms. The molecule has 1 saturated heterocycles. The van der Waals surface area contributed by atoms with E-state index >= 15 is 0 Å². The second-order valence-electron chi connectivity index (χ2n) is 2.89. The van der Waals surface area contributed by atoms with Crippen molar-refractivity contribution >= 4 is 11.8 Å². The Morgan fingerprint density at radius 3 is 2.77 bits per heavy atom. The van der Waals surface area contributed by atoms with Crippen LogP contribution in [0.5, 0.6) is 0 Å². The van der Waals surface area contributed by atoms with Crippen molar-refractivity contribution in [3.63, 3.8) is 0 Å². The lowest BCUT2D eigenvalue weighted by atomic mass is 10.2. The molecule has 1 heterocycles. The summed E-state index contributed by atoms with van der Waals surface area (Å²) in [6, 6.07) is 0. The van der Waals surface area contributed by atoms with Crippen LogP contribution in [0.2, 0.25) is 0 Å². The molecule has 0 bridgehead atoms. The number of rotatable bonds is 2. The van der Waals surface area contributed by atoms with Gasteiger partial charge in [0, 0.05) is 13.0 Å². The standard InChI is InChI=1S/C8H14N2O3/c1-2-7(11)9-10-8(12)6-4-3-5-13-6/h6H,2-5H2,1H3,(H,9,11)(H,10,12)/t6-/m0/s1. The summed E-state index contributed by atoms with van der Waals surface area (Å²) in [5.41, 5.74) is 4.60. The molecule has 0 aromatic carbocycles. The summed E-state index contributed by atoms with van der Waals surface area (Å²) in [6.45, 7) is 2.34. The number of amides is 2. The van der Waals surface area contributed by atoms with Crippen LogP contribution in [0.1, 0.15) is 26.2 Å². The van der Waals surface area contributed by atoms with Crippen molar-refractivity contribution in [2.75, 3.05) is 6.61 Å². The van der Waals surface area contributed by atoms with Gasteiger partial charge in [-0.1, -0.05) is 6.92 Å². The van der Waals surface area contributed by atoms with E-state index in [0.29, 0.717) is 13.0 Å². The Labute approximate surface area is 76.8 Å². The first-order chi connectivity index (χ1) is 6.24. The average Bonchev–Trinajstić information content (AvgIpc) is 2.66. The maximum atomic E-state index is 11.2. The molecule has 0 spiro atoms. The maximum absolute atomic E-state index is 11.2. The molecule has 5 nitrogen and oxygen atoms in total. The van der Waals surface area contributed by atoms with Gasteiger partial charge in [-0.3, -0.25) is 20.4 Å². The average molecular weight is 186 g/mol. The highest BCUT2D eigenvalue weighted by Gasteiger charge is 2.23. The highest BCUT2D eigenvalue weighted by molar-refractivity contribution is 5.84. The van der Waals surface area contributed by atoms with Gasteiger partial charge < -0.3 is 4.74 Å². The van der Waals surface area contributed by atoms with E-state index in [4.69, 9.17) is 4.74 Å². The van der Waals surface area contributed by atoms with E-state index in [1.165, 1.54) is 0 Å². The molecular weight excluding hydrogens is 172 g/mol. The van der Waals surface area contributed by atoms with Gasteiger partial charge in [0.2, 0.25) is 5.91 Å². The largest absolute Gasteiger partial charge is 0.368 e. The highest BCUT2D eigenvalue weighted by atomic mass is 16.5. The molecule has 0 aromatic rings. The van der Waals surface area contributed by atoms with Crippen LogP contribution < -0.4 is 10.9 Å². The molecule has 1 rings (SSSR count). The summed E-state index contributed by atoms with van der Waals surface area (Å²) in [4.78, 5) is 22.0. The van der Waals surface area contributed by atoms with Crippen molar-refractivity contribution in [1.82, 2.24) is 10.9 Å². The lowest BCUT2D eigenvalue weighted by Crippen LogP contribution is -2.46. The van der Waals surface area contributed by atoms with Gasteiger partial charge in [-0.2, -0.15) is 0 Å². The summed E-state index contributed by atoms with van der Waals surface area (Å²) in [6.07, 6.45) is 1.59. The van der Waals surface area contributed by atoms with Gasteiger partial charge in [0.05, 0.1) is 0 Å². The molecule has 1 aliphatic rings. The zero-order chi connectivity index (χ0) is 9.68. The highest BCUT2D eigenvalue weighted by Crippen LogP contribution is 2.11. The van der Waals surface area contributed by atoms with Crippen molar-refractivity contribution in [2.24, 2.45) is 0 Å². The fourth-order valence-corrected chi connectivity index (χ4v) is 1.08. The van der Waals surface area contributed by atoms with E-state index in [9.17, 15) is 9.59 Å². The van der Waals surface area contributed by atoms with Gasteiger partial charge in [-0.05, 0) is 12.8 Å². The second kappa shape index (κ2) is 4.81. The number of hydrogen-bond acceptors (Lipinski definition) is 3. The molecule has 74 valence electrons. The number of ether oxygens (including phenoxy) is 1. The van der Waals surface area contributed by atoms with Crippen LogP contribution in [0.3, 0.4) is 0 Å². The van der Waals surface area contributed by atoms with E-state index in [1.54, 1.807) is 6.92 Å². The molecule has 13 heavy (non-hydrogen) atoms. The summed E-state index contributed by atoms with van der Waals surface area (Å²) >= 11 is 0. The Morgan fingerprint density at radius 1 is 1.46 bits per heavy atom. The van der Waals surface area contributed by atoms with Crippen molar-refractivity contribution in [1.29, 1.82) is 0 Å². The molecular formula is C8H14N2O3. The van der Waals surface area contributed by atoms with Gasteiger partial charge >= 0.3 is 0 Å². The van der Waals surface area contributed by atoms with Crippen LogP contribution in [0.25, 0.3) is 0 Å². The zero-order valence-corrected chi connectivity index (χ0v) is 7.63. The predicted octanol–water partition coefficient (Wildman–Crippen LogP) is -0.277. The molecule has 0 unspecified atom stereocenters. The number of carbonyl (C=O) groups is 2. The minimum Gasteiger partial charge on any atom is -0.368 e. The molecule has 2 N–H and O–H groups in total. The van der Waals surface area contributed by atoms with E-state index in [-0.39, 0.29) is 11.8 Å². The molecule has 0 radical (unpaired) electrons. The monoisotopic (exact) mass is 186 g/mol. The molecule has 1 aliphatic heterocycles. The van der Waals surface area contributed by atoms with Crippen molar-refractivity contribution in [2.45, 2.75) is 32.3 Å². The van der Waals surface area contributed by atoms with Crippen molar-refractivity contribution < 1.29 is 14.3 Å². The fraction of sp³-hybridized carbons (Fsp3) is 0.750. The molecule has 1 fully saturated rings. The molecule has 0 saturated carbocycles. The third-order valence-electron chi connectivity index (χ3n) is 1.87. The Kier molecular flexibility index (Phi) is 3.70. The Morgan fingerprint density at radius 2 is 2.23 bits per heavy atom. The third kappa shape index (κ3) is 3.02. The van der Waals surface area contributed by atoms with Crippen LogP contribution in [-0.2, 0) is 14.3 Å². The van der Waals surface area contributed by atoms with E-state index in [0.717, 1.165) is 12.8 Å². The fourth-order valence-electron chi connectivity index (χ4n) is 1.08. The lowest BCUT2D eigenvalue weighted by Gasteiger charge is -2.10. The van der Waals surface area contributed by atoms with Crippen LogP contribution in [-0.4, -0.2) is 24.5 Å². The number of nitrogens with one attached hydrogen (secondary N) is 2.